The Morgan fingerprint density at radius 1 is 1.28 bits per heavy atom. The van der Waals surface area contributed by atoms with Gasteiger partial charge in [0.05, 0.1) is 24.8 Å². The molecule has 1 N–H and O–H groups in total. The van der Waals surface area contributed by atoms with Crippen LogP contribution in [0.1, 0.15) is 34.8 Å². The Morgan fingerprint density at radius 3 is 2.83 bits per heavy atom. The van der Waals surface area contributed by atoms with Crippen molar-refractivity contribution in [3.8, 4) is 5.75 Å². The van der Waals surface area contributed by atoms with Crippen molar-refractivity contribution in [2.75, 3.05) is 40.1 Å². The average molecular weight is 415 g/mol. The first-order chi connectivity index (χ1) is 14.1. The number of nitrogens with one attached hydrogen (secondary N) is 1. The highest BCUT2D eigenvalue weighted by molar-refractivity contribution is 7.99. The molecular formula is C23H30N2O3S. The van der Waals surface area contributed by atoms with Gasteiger partial charge in [0, 0.05) is 23.8 Å². The summed E-state index contributed by atoms with van der Waals surface area (Å²) in [7, 11) is 5.69. The molecule has 1 aliphatic heterocycles. The second-order valence-electron chi connectivity index (χ2n) is 7.41. The third kappa shape index (κ3) is 5.98. The van der Waals surface area contributed by atoms with Crippen LogP contribution in [-0.2, 0) is 4.74 Å². The molecule has 5 nitrogen and oxygen atoms in total. The van der Waals surface area contributed by atoms with Crippen molar-refractivity contribution in [2.24, 2.45) is 0 Å². The molecule has 1 amide bonds. The fraction of sp³-hybridized carbons (Fsp3) is 0.435. The molecule has 0 bridgehead atoms. The van der Waals surface area contributed by atoms with Gasteiger partial charge in [-0.3, -0.25) is 4.79 Å². The number of benzene rings is 2. The monoisotopic (exact) mass is 414 g/mol. The zero-order valence-electron chi connectivity index (χ0n) is 17.4. The number of hydrogen-bond donors (Lipinski definition) is 1. The van der Waals surface area contributed by atoms with E-state index in [0.29, 0.717) is 12.6 Å². The lowest BCUT2D eigenvalue weighted by Crippen LogP contribution is -2.34. The van der Waals surface area contributed by atoms with Crippen molar-refractivity contribution < 1.29 is 14.3 Å². The number of carbonyl (C=O) groups is 1. The first kappa shape index (κ1) is 21.7. The second kappa shape index (κ2) is 10.7. The molecule has 0 radical (unpaired) electrons. The van der Waals surface area contributed by atoms with E-state index < -0.39 is 0 Å². The molecule has 2 unspecified atom stereocenters. The van der Waals surface area contributed by atoms with E-state index in [2.05, 4.69) is 16.3 Å². The minimum atomic E-state index is -0.0461. The Bertz CT molecular complexity index is 806. The Kier molecular flexibility index (Phi) is 7.98. The van der Waals surface area contributed by atoms with Crippen molar-refractivity contribution in [3.05, 3.63) is 59.7 Å². The summed E-state index contributed by atoms with van der Waals surface area (Å²) in [5.41, 5.74) is 1.83. The lowest BCUT2D eigenvalue weighted by Gasteiger charge is -2.25. The number of carbonyl (C=O) groups excluding carboxylic acids is 1. The van der Waals surface area contributed by atoms with Crippen molar-refractivity contribution in [1.82, 2.24) is 10.2 Å². The van der Waals surface area contributed by atoms with Crippen LogP contribution in [0.2, 0.25) is 0 Å². The van der Waals surface area contributed by atoms with Gasteiger partial charge in [-0.2, -0.15) is 0 Å². The highest BCUT2D eigenvalue weighted by Gasteiger charge is 2.20. The number of thioether (sulfide) groups is 1. The maximum atomic E-state index is 12.9. The van der Waals surface area contributed by atoms with Gasteiger partial charge >= 0.3 is 0 Å². The third-order valence-electron chi connectivity index (χ3n) is 5.14. The van der Waals surface area contributed by atoms with Crippen molar-refractivity contribution in [1.29, 1.82) is 0 Å². The fourth-order valence-corrected chi connectivity index (χ4v) is 4.59. The number of rotatable bonds is 9. The smallest absolute Gasteiger partial charge is 0.252 e. The minimum absolute atomic E-state index is 0.0461. The van der Waals surface area contributed by atoms with E-state index in [1.54, 1.807) is 18.9 Å². The number of ether oxygens (including phenoxy) is 2. The summed E-state index contributed by atoms with van der Waals surface area (Å²) < 4.78 is 11.1. The fourth-order valence-electron chi connectivity index (χ4n) is 3.47. The summed E-state index contributed by atoms with van der Waals surface area (Å²) in [5.74, 6) is 1.65. The normalized spacial score (nSPS) is 17.3. The van der Waals surface area contributed by atoms with Crippen LogP contribution in [0.15, 0.2) is 53.4 Å². The van der Waals surface area contributed by atoms with Gasteiger partial charge < -0.3 is 19.7 Å². The number of nitrogens with zero attached hydrogens (tertiary/aromatic N) is 1. The third-order valence-corrected chi connectivity index (χ3v) is 6.34. The molecule has 2 aromatic carbocycles. The van der Waals surface area contributed by atoms with Crippen molar-refractivity contribution in [2.45, 2.75) is 29.9 Å². The molecule has 3 rings (SSSR count). The average Bonchev–Trinajstić information content (AvgIpc) is 3.26. The number of likely N-dealkylation sites (N-methyl/N-ethyl adjacent to an activating group) is 1. The Morgan fingerprint density at radius 2 is 2.10 bits per heavy atom. The Hall–Kier alpha value is -2.02. The predicted octanol–water partition coefficient (Wildman–Crippen LogP) is 4.00. The van der Waals surface area contributed by atoms with Gasteiger partial charge in [0.15, 0.2) is 0 Å². The van der Waals surface area contributed by atoms with Crippen LogP contribution in [0, 0.1) is 0 Å². The van der Waals surface area contributed by atoms with E-state index in [0.717, 1.165) is 47.0 Å². The predicted molar refractivity (Wildman–Crippen MR) is 118 cm³/mol. The summed E-state index contributed by atoms with van der Waals surface area (Å²) in [5, 5.41) is 3.12. The molecule has 6 heteroatoms. The zero-order chi connectivity index (χ0) is 20.6. The van der Waals surface area contributed by atoms with E-state index in [9.17, 15) is 4.79 Å². The molecule has 0 aromatic heterocycles. The largest absolute Gasteiger partial charge is 0.497 e. The SMILES string of the molecule is COc1cccc(C(CNC(=O)c2ccccc2SCC2CCCO2)N(C)C)c1. The topological polar surface area (TPSA) is 50.8 Å². The molecule has 156 valence electrons. The van der Waals surface area contributed by atoms with Gasteiger partial charge in [0.2, 0.25) is 0 Å². The maximum Gasteiger partial charge on any atom is 0.252 e. The van der Waals surface area contributed by atoms with Crippen LogP contribution in [0.5, 0.6) is 5.75 Å². The molecule has 1 heterocycles. The molecule has 1 saturated heterocycles. The van der Waals surface area contributed by atoms with Gasteiger partial charge in [0.25, 0.3) is 5.91 Å². The Balaban J connectivity index is 1.65. The van der Waals surface area contributed by atoms with Gasteiger partial charge in [-0.25, -0.2) is 0 Å². The quantitative estimate of drug-likeness (QED) is 0.629. The van der Waals surface area contributed by atoms with Crippen LogP contribution in [0.3, 0.4) is 0 Å². The van der Waals surface area contributed by atoms with Crippen LogP contribution in [-0.4, -0.2) is 57.0 Å². The number of hydrogen-bond acceptors (Lipinski definition) is 5. The Labute approximate surface area is 177 Å². The summed E-state index contributed by atoms with van der Waals surface area (Å²) in [6, 6.07) is 15.8. The lowest BCUT2D eigenvalue weighted by atomic mass is 10.1. The van der Waals surface area contributed by atoms with Crippen LogP contribution < -0.4 is 10.1 Å². The molecule has 29 heavy (non-hydrogen) atoms. The standard InChI is InChI=1S/C23H30N2O3S/c1-25(2)21(17-8-6-9-18(14-17)27-3)15-24-23(26)20-11-4-5-12-22(20)29-16-19-10-7-13-28-19/h4-6,8-9,11-12,14,19,21H,7,10,13,15-16H2,1-3H3,(H,24,26). The van der Waals surface area contributed by atoms with Gasteiger partial charge in [0.1, 0.15) is 5.75 Å². The zero-order valence-corrected chi connectivity index (χ0v) is 18.2. The van der Waals surface area contributed by atoms with E-state index in [1.165, 1.54) is 0 Å². The first-order valence-electron chi connectivity index (χ1n) is 10.0. The van der Waals surface area contributed by atoms with E-state index in [-0.39, 0.29) is 11.9 Å². The molecule has 2 atom stereocenters. The second-order valence-corrected chi connectivity index (χ2v) is 8.47. The van der Waals surface area contributed by atoms with E-state index in [1.807, 2.05) is 56.6 Å². The molecule has 1 aliphatic rings. The van der Waals surface area contributed by atoms with Crippen molar-refractivity contribution >= 4 is 17.7 Å². The van der Waals surface area contributed by atoms with Crippen molar-refractivity contribution in [3.63, 3.8) is 0 Å². The number of amides is 1. The molecule has 1 fully saturated rings. The van der Waals surface area contributed by atoms with E-state index in [4.69, 9.17) is 9.47 Å². The van der Waals surface area contributed by atoms with Gasteiger partial charge in [-0.15, -0.1) is 11.8 Å². The molecular weight excluding hydrogens is 384 g/mol. The molecule has 2 aromatic rings. The van der Waals surface area contributed by atoms with Gasteiger partial charge in [-0.05, 0) is 56.8 Å². The van der Waals surface area contributed by atoms with Gasteiger partial charge in [-0.1, -0.05) is 24.3 Å². The van der Waals surface area contributed by atoms with Crippen LogP contribution in [0.25, 0.3) is 0 Å². The minimum Gasteiger partial charge on any atom is -0.497 e. The highest BCUT2D eigenvalue weighted by Crippen LogP contribution is 2.27. The number of methoxy groups -OCH3 is 1. The van der Waals surface area contributed by atoms with Crippen LogP contribution >= 0.6 is 11.8 Å². The summed E-state index contributed by atoms with van der Waals surface area (Å²) in [6.45, 7) is 1.37. The molecule has 0 aliphatic carbocycles. The summed E-state index contributed by atoms with van der Waals surface area (Å²) in [6.07, 6.45) is 2.53. The maximum absolute atomic E-state index is 12.9. The van der Waals surface area contributed by atoms with E-state index >= 15 is 0 Å². The molecule has 0 saturated carbocycles. The molecule has 0 spiro atoms. The summed E-state index contributed by atoms with van der Waals surface area (Å²) >= 11 is 1.70. The summed E-state index contributed by atoms with van der Waals surface area (Å²) in [4.78, 5) is 16.1. The first-order valence-corrected chi connectivity index (χ1v) is 11.0. The lowest BCUT2D eigenvalue weighted by molar-refractivity contribution is 0.0938. The highest BCUT2D eigenvalue weighted by atomic mass is 32.2. The van der Waals surface area contributed by atoms with Crippen LogP contribution in [0.4, 0.5) is 0 Å².